The van der Waals surface area contributed by atoms with Gasteiger partial charge in [-0.05, 0) is 23.8 Å². The molecular formula is C10H11NOS. The molecule has 3 heteroatoms. The summed E-state index contributed by atoms with van der Waals surface area (Å²) in [7, 11) is 0. The first-order chi connectivity index (χ1) is 6.29. The van der Waals surface area contributed by atoms with Crippen LogP contribution in [0.4, 0.5) is 0 Å². The van der Waals surface area contributed by atoms with Crippen molar-refractivity contribution in [2.75, 3.05) is 0 Å². The number of carbonyl (C=O) groups excluding carboxylic acids is 1. The van der Waals surface area contributed by atoms with Gasteiger partial charge in [-0.2, -0.15) is 0 Å². The van der Waals surface area contributed by atoms with E-state index in [1.165, 1.54) is 4.88 Å². The van der Waals surface area contributed by atoms with E-state index in [9.17, 15) is 4.79 Å². The van der Waals surface area contributed by atoms with Gasteiger partial charge in [0.1, 0.15) is 0 Å². The van der Waals surface area contributed by atoms with Crippen LogP contribution >= 0.6 is 11.3 Å². The highest BCUT2D eigenvalue weighted by molar-refractivity contribution is 7.10. The predicted molar refractivity (Wildman–Crippen MR) is 54.0 cm³/mol. The molecule has 0 fully saturated rings. The van der Waals surface area contributed by atoms with Gasteiger partial charge in [0.05, 0.1) is 5.56 Å². The van der Waals surface area contributed by atoms with Gasteiger partial charge in [-0.25, -0.2) is 0 Å². The molecule has 1 aliphatic heterocycles. The van der Waals surface area contributed by atoms with Gasteiger partial charge in [-0.15, -0.1) is 11.3 Å². The zero-order valence-corrected chi connectivity index (χ0v) is 8.23. The molecule has 2 heterocycles. The van der Waals surface area contributed by atoms with Crippen molar-refractivity contribution in [3.63, 3.8) is 0 Å². The molecule has 68 valence electrons. The third-order valence-corrected chi connectivity index (χ3v) is 3.36. The van der Waals surface area contributed by atoms with E-state index in [0.29, 0.717) is 5.92 Å². The summed E-state index contributed by atoms with van der Waals surface area (Å²) in [5.41, 5.74) is 0.835. The van der Waals surface area contributed by atoms with Crippen LogP contribution in [0.15, 0.2) is 23.7 Å². The second-order valence-corrected chi connectivity index (χ2v) is 4.16. The Hall–Kier alpha value is -1.09. The van der Waals surface area contributed by atoms with Gasteiger partial charge in [0, 0.05) is 11.1 Å². The Bertz CT molecular complexity index is 354. The van der Waals surface area contributed by atoms with Gasteiger partial charge in [0.15, 0.2) is 0 Å². The molecule has 1 amide bonds. The minimum Gasteiger partial charge on any atom is -0.329 e. The quantitative estimate of drug-likeness (QED) is 0.674. The fourth-order valence-corrected chi connectivity index (χ4v) is 2.45. The average molecular weight is 193 g/mol. The molecule has 1 aromatic rings. The number of thiophene rings is 1. The third-order valence-electron chi connectivity index (χ3n) is 2.21. The summed E-state index contributed by atoms with van der Waals surface area (Å²) < 4.78 is 0. The number of fused-ring (bicyclic) bond motifs is 1. The number of rotatable bonds is 0. The van der Waals surface area contributed by atoms with E-state index >= 15 is 0 Å². The summed E-state index contributed by atoms with van der Waals surface area (Å²) in [5, 5.41) is 4.71. The number of nitrogens with one attached hydrogen (secondary N) is 1. The second-order valence-electron chi connectivity index (χ2n) is 3.21. The Morgan fingerprint density at radius 3 is 3.31 bits per heavy atom. The lowest BCUT2D eigenvalue weighted by Gasteiger charge is -2.12. The first-order valence-corrected chi connectivity index (χ1v) is 5.20. The minimum atomic E-state index is 0.0130. The largest absolute Gasteiger partial charge is 0.329 e. The van der Waals surface area contributed by atoms with Crippen LogP contribution < -0.4 is 5.32 Å². The van der Waals surface area contributed by atoms with Crippen molar-refractivity contribution in [1.29, 1.82) is 0 Å². The van der Waals surface area contributed by atoms with E-state index in [-0.39, 0.29) is 5.91 Å². The molecule has 0 aliphatic carbocycles. The van der Waals surface area contributed by atoms with Crippen molar-refractivity contribution in [2.45, 2.75) is 19.3 Å². The van der Waals surface area contributed by atoms with E-state index in [1.54, 1.807) is 17.5 Å². The Balaban J connectivity index is 2.44. The van der Waals surface area contributed by atoms with Crippen LogP contribution in [0.2, 0.25) is 0 Å². The third kappa shape index (κ3) is 1.52. The molecule has 0 radical (unpaired) electrons. The highest BCUT2D eigenvalue weighted by Gasteiger charge is 2.17. The lowest BCUT2D eigenvalue weighted by atomic mass is 10.0. The molecule has 0 saturated carbocycles. The second kappa shape index (κ2) is 3.34. The van der Waals surface area contributed by atoms with Gasteiger partial charge in [-0.1, -0.05) is 13.0 Å². The number of carbonyl (C=O) groups is 1. The lowest BCUT2D eigenvalue weighted by molar-refractivity contribution is 0.0968. The Morgan fingerprint density at radius 2 is 2.46 bits per heavy atom. The van der Waals surface area contributed by atoms with Gasteiger partial charge in [0.2, 0.25) is 0 Å². The summed E-state index contributed by atoms with van der Waals surface area (Å²) in [4.78, 5) is 12.7. The summed E-state index contributed by atoms with van der Waals surface area (Å²) in [6.07, 6.45) is 4.73. The Kier molecular flexibility index (Phi) is 2.19. The summed E-state index contributed by atoms with van der Waals surface area (Å²) in [6, 6.07) is 1.89. The van der Waals surface area contributed by atoms with Crippen molar-refractivity contribution >= 4 is 17.2 Å². The molecule has 0 aromatic carbocycles. The molecule has 0 bridgehead atoms. The maximum absolute atomic E-state index is 11.5. The fourth-order valence-electron chi connectivity index (χ4n) is 1.48. The highest BCUT2D eigenvalue weighted by atomic mass is 32.1. The number of allylic oxidation sites excluding steroid dienone is 1. The van der Waals surface area contributed by atoms with E-state index in [4.69, 9.17) is 0 Å². The average Bonchev–Trinajstić information content (AvgIpc) is 2.57. The fraction of sp³-hybridized carbons (Fsp3) is 0.300. The molecule has 1 atom stereocenters. The number of hydrogen-bond acceptors (Lipinski definition) is 2. The lowest BCUT2D eigenvalue weighted by Crippen LogP contribution is -2.19. The van der Waals surface area contributed by atoms with Crippen LogP contribution in [-0.4, -0.2) is 5.91 Å². The SMILES string of the molecule is CC1C/C=C/NC(=O)c2ccsc21. The summed E-state index contributed by atoms with van der Waals surface area (Å²) in [5.74, 6) is 0.469. The molecule has 1 aromatic heterocycles. The van der Waals surface area contributed by atoms with Crippen molar-refractivity contribution < 1.29 is 4.79 Å². The molecule has 1 N–H and O–H groups in total. The summed E-state index contributed by atoms with van der Waals surface area (Å²) >= 11 is 1.67. The Morgan fingerprint density at radius 1 is 1.62 bits per heavy atom. The molecule has 0 spiro atoms. The highest BCUT2D eigenvalue weighted by Crippen LogP contribution is 2.29. The van der Waals surface area contributed by atoms with Crippen LogP contribution in [0.25, 0.3) is 0 Å². The summed E-state index contributed by atoms with van der Waals surface area (Å²) in [6.45, 7) is 2.15. The first kappa shape index (κ1) is 8.51. The minimum absolute atomic E-state index is 0.0130. The van der Waals surface area contributed by atoms with Crippen LogP contribution in [0.5, 0.6) is 0 Å². The zero-order valence-electron chi connectivity index (χ0n) is 7.41. The monoisotopic (exact) mass is 193 g/mol. The van der Waals surface area contributed by atoms with Gasteiger partial charge >= 0.3 is 0 Å². The van der Waals surface area contributed by atoms with Crippen LogP contribution in [0.1, 0.15) is 34.5 Å². The van der Waals surface area contributed by atoms with Crippen molar-refractivity contribution in [2.24, 2.45) is 0 Å². The smallest absolute Gasteiger partial charge is 0.256 e. The number of amides is 1. The standard InChI is InChI=1S/C10H11NOS/c1-7-3-2-5-11-10(12)8-4-6-13-9(7)8/h2,4-7H,3H2,1H3,(H,11,12)/b5-2+. The molecule has 1 aliphatic rings. The van der Waals surface area contributed by atoms with Crippen molar-refractivity contribution in [3.05, 3.63) is 34.2 Å². The maximum Gasteiger partial charge on any atom is 0.256 e. The topological polar surface area (TPSA) is 29.1 Å². The van der Waals surface area contributed by atoms with Gasteiger partial charge < -0.3 is 5.32 Å². The molecule has 2 nitrogen and oxygen atoms in total. The molecule has 13 heavy (non-hydrogen) atoms. The predicted octanol–water partition coefficient (Wildman–Crippen LogP) is 2.50. The van der Waals surface area contributed by atoms with E-state index < -0.39 is 0 Å². The van der Waals surface area contributed by atoms with Crippen LogP contribution in [0, 0.1) is 0 Å². The van der Waals surface area contributed by atoms with Crippen LogP contribution in [0.3, 0.4) is 0 Å². The van der Waals surface area contributed by atoms with Gasteiger partial charge in [0.25, 0.3) is 5.91 Å². The molecule has 0 saturated heterocycles. The van der Waals surface area contributed by atoms with E-state index in [2.05, 4.69) is 12.2 Å². The number of hydrogen-bond donors (Lipinski definition) is 1. The Labute approximate surface area is 81.3 Å². The molecule has 2 rings (SSSR count). The molecular weight excluding hydrogens is 182 g/mol. The van der Waals surface area contributed by atoms with E-state index in [1.807, 2.05) is 17.5 Å². The van der Waals surface area contributed by atoms with Crippen LogP contribution in [-0.2, 0) is 0 Å². The zero-order chi connectivity index (χ0) is 9.26. The maximum atomic E-state index is 11.5. The van der Waals surface area contributed by atoms with Crippen molar-refractivity contribution in [3.8, 4) is 0 Å². The normalized spacial score (nSPS) is 24.1. The first-order valence-electron chi connectivity index (χ1n) is 4.32. The van der Waals surface area contributed by atoms with E-state index in [0.717, 1.165) is 12.0 Å². The molecule has 1 unspecified atom stereocenters. The van der Waals surface area contributed by atoms with Gasteiger partial charge in [-0.3, -0.25) is 4.79 Å². The van der Waals surface area contributed by atoms with Crippen molar-refractivity contribution in [1.82, 2.24) is 5.32 Å².